The van der Waals surface area contributed by atoms with E-state index >= 15 is 0 Å². The minimum atomic E-state index is -3.77. The molecule has 1 aromatic carbocycles. The molecule has 2 aliphatic rings. The van der Waals surface area contributed by atoms with Crippen molar-refractivity contribution in [3.05, 3.63) is 35.0 Å². The lowest BCUT2D eigenvalue weighted by molar-refractivity contribution is -0.119. The Labute approximate surface area is 202 Å². The lowest BCUT2D eigenvalue weighted by Gasteiger charge is -2.19. The Morgan fingerprint density at radius 1 is 1.29 bits per heavy atom. The van der Waals surface area contributed by atoms with Crippen molar-refractivity contribution in [1.29, 1.82) is 0 Å². The summed E-state index contributed by atoms with van der Waals surface area (Å²) in [5.41, 5.74) is 1.65. The summed E-state index contributed by atoms with van der Waals surface area (Å²) in [7, 11) is -0.949. The highest BCUT2D eigenvalue weighted by Gasteiger charge is 2.60. The van der Waals surface area contributed by atoms with E-state index in [1.165, 1.54) is 14.1 Å². The number of carbonyl (C=O) groups excluding carboxylic acids is 1. The Balaban J connectivity index is 1.56. The van der Waals surface area contributed by atoms with E-state index in [2.05, 4.69) is 14.9 Å². The van der Waals surface area contributed by atoms with Crippen LogP contribution in [0.2, 0.25) is 5.02 Å². The van der Waals surface area contributed by atoms with Gasteiger partial charge in [0.1, 0.15) is 5.02 Å². The van der Waals surface area contributed by atoms with Gasteiger partial charge in [0.15, 0.2) is 11.4 Å². The van der Waals surface area contributed by atoms with Crippen molar-refractivity contribution in [3.63, 3.8) is 0 Å². The number of ether oxygens (including phenoxy) is 1. The topological polar surface area (TPSA) is 118 Å². The highest BCUT2D eigenvalue weighted by Crippen LogP contribution is 2.60. The molecule has 0 bridgehead atoms. The summed E-state index contributed by atoms with van der Waals surface area (Å²) in [5, 5.41) is 4.70. The van der Waals surface area contributed by atoms with Crippen molar-refractivity contribution in [2.24, 2.45) is 5.92 Å². The first-order valence-electron chi connectivity index (χ1n) is 10.8. The molecule has 2 aromatic heterocycles. The number of amides is 1. The first-order chi connectivity index (χ1) is 16.0. The fourth-order valence-corrected chi connectivity index (χ4v) is 4.81. The molecule has 1 saturated carbocycles. The molecule has 1 aliphatic heterocycles. The van der Waals surface area contributed by atoms with Gasteiger partial charge in [0.2, 0.25) is 11.8 Å². The molecule has 3 heterocycles. The Bertz CT molecular complexity index is 1410. The van der Waals surface area contributed by atoms with Crippen LogP contribution in [0.1, 0.15) is 32.3 Å². The van der Waals surface area contributed by atoms with E-state index < -0.39 is 15.6 Å². The number of rotatable bonds is 7. The molecule has 0 atom stereocenters. The van der Waals surface area contributed by atoms with E-state index in [1.807, 2.05) is 13.8 Å². The van der Waals surface area contributed by atoms with Gasteiger partial charge in [0, 0.05) is 20.2 Å². The van der Waals surface area contributed by atoms with Gasteiger partial charge in [-0.2, -0.15) is 12.7 Å². The second-order valence-corrected chi connectivity index (χ2v) is 11.5. The summed E-state index contributed by atoms with van der Waals surface area (Å²) in [6.45, 7) is 4.53. The number of nitrogens with one attached hydrogen (secondary N) is 1. The molecule has 12 heteroatoms. The maximum Gasteiger partial charge on any atom is 0.302 e. The highest BCUT2D eigenvalue weighted by atomic mass is 35.5. The molecule has 180 valence electrons. The molecule has 0 saturated heterocycles. The molecule has 1 amide bonds. The number of benzene rings is 1. The van der Waals surface area contributed by atoms with Gasteiger partial charge in [0.05, 0.1) is 35.0 Å². The van der Waals surface area contributed by atoms with Crippen LogP contribution in [-0.4, -0.2) is 49.5 Å². The number of hydrogen-bond donors (Lipinski definition) is 1. The summed E-state index contributed by atoms with van der Waals surface area (Å²) in [4.78, 5) is 19.4. The third kappa shape index (κ3) is 3.58. The monoisotopic (exact) mass is 505 g/mol. The number of nitrogens with zero attached hydrogens (tertiary/aromatic N) is 4. The molecule has 5 rings (SSSR count). The predicted octanol–water partition coefficient (Wildman–Crippen LogP) is 3.84. The molecule has 3 aromatic rings. The van der Waals surface area contributed by atoms with Crippen LogP contribution >= 0.6 is 11.6 Å². The summed E-state index contributed by atoms with van der Waals surface area (Å²) >= 11 is 6.42. The fraction of sp³-hybridized carbons (Fsp3) is 0.409. The summed E-state index contributed by atoms with van der Waals surface area (Å²) in [6.07, 6.45) is 2.95. The third-order valence-electron chi connectivity index (χ3n) is 6.02. The lowest BCUT2D eigenvalue weighted by atomic mass is 9.96. The number of pyridine rings is 1. The van der Waals surface area contributed by atoms with Gasteiger partial charge in [-0.3, -0.25) is 14.4 Å². The Kier molecular flexibility index (Phi) is 5.26. The fourth-order valence-electron chi connectivity index (χ4n) is 4.02. The van der Waals surface area contributed by atoms with E-state index in [-0.39, 0.29) is 11.7 Å². The van der Waals surface area contributed by atoms with Crippen LogP contribution in [0.25, 0.3) is 11.0 Å². The van der Waals surface area contributed by atoms with Crippen molar-refractivity contribution in [2.75, 3.05) is 30.3 Å². The maximum atomic E-state index is 13.5. The molecule has 34 heavy (non-hydrogen) atoms. The zero-order chi connectivity index (χ0) is 24.4. The second kappa shape index (κ2) is 7.82. The number of hydrogen-bond acceptors (Lipinski definition) is 7. The zero-order valence-electron chi connectivity index (χ0n) is 19.1. The number of fused-ring (bicyclic) bond motifs is 3. The molecular weight excluding hydrogens is 482 g/mol. The van der Waals surface area contributed by atoms with Gasteiger partial charge in [-0.25, -0.2) is 4.98 Å². The lowest BCUT2D eigenvalue weighted by Crippen LogP contribution is -2.29. The molecule has 0 unspecified atom stereocenters. The van der Waals surface area contributed by atoms with Gasteiger partial charge in [-0.15, -0.1) is 0 Å². The quantitative estimate of drug-likeness (QED) is 0.518. The average Bonchev–Trinajstić information content (AvgIpc) is 3.44. The summed E-state index contributed by atoms with van der Waals surface area (Å²) in [5.74, 6) is 0.628. The predicted molar refractivity (Wildman–Crippen MR) is 128 cm³/mol. The normalized spacial score (nSPS) is 16.7. The van der Waals surface area contributed by atoms with Crippen molar-refractivity contribution in [1.82, 2.24) is 14.4 Å². The van der Waals surface area contributed by atoms with E-state index in [0.717, 1.165) is 9.87 Å². The van der Waals surface area contributed by atoms with E-state index in [9.17, 15) is 13.2 Å². The van der Waals surface area contributed by atoms with E-state index in [1.54, 1.807) is 29.3 Å². The highest BCUT2D eigenvalue weighted by molar-refractivity contribution is 7.90. The summed E-state index contributed by atoms with van der Waals surface area (Å²) in [6, 6.07) is 5.15. The zero-order valence-corrected chi connectivity index (χ0v) is 20.7. The van der Waals surface area contributed by atoms with E-state index in [0.29, 0.717) is 58.6 Å². The molecule has 10 nitrogen and oxygen atoms in total. The minimum absolute atomic E-state index is 0.0737. The van der Waals surface area contributed by atoms with Crippen molar-refractivity contribution < 1.29 is 22.5 Å². The average molecular weight is 506 g/mol. The van der Waals surface area contributed by atoms with Crippen molar-refractivity contribution in [3.8, 4) is 5.88 Å². The SMILES string of the molecule is CC(C)COc1ncc(N2C(=O)C3(CC3)c3cc4c(NS(=O)(=O)N(C)C)noc4cc32)cc1Cl. The van der Waals surface area contributed by atoms with Gasteiger partial charge in [-0.1, -0.05) is 30.6 Å². The van der Waals surface area contributed by atoms with Crippen LogP contribution in [0, 0.1) is 5.92 Å². The Morgan fingerprint density at radius 3 is 2.65 bits per heavy atom. The van der Waals surface area contributed by atoms with Gasteiger partial charge >= 0.3 is 10.2 Å². The third-order valence-corrected chi connectivity index (χ3v) is 7.70. The number of anilines is 3. The van der Waals surface area contributed by atoms with Crippen LogP contribution in [0.4, 0.5) is 17.2 Å². The Morgan fingerprint density at radius 2 is 2.03 bits per heavy atom. The maximum absolute atomic E-state index is 13.5. The van der Waals surface area contributed by atoms with Crippen molar-refractivity contribution >= 4 is 55.9 Å². The largest absolute Gasteiger partial charge is 0.476 e. The molecule has 1 aliphatic carbocycles. The smallest absolute Gasteiger partial charge is 0.302 e. The van der Waals surface area contributed by atoms with Gasteiger partial charge in [-0.05, 0) is 36.5 Å². The standard InChI is InChI=1S/C22H24ClN5O5S/c1-12(2)11-32-20-16(23)7-13(10-24-20)28-17-9-18-14(8-15(17)22(5-6-22)21(28)29)19(25-33-18)26-34(30,31)27(3)4/h7-10,12H,5-6,11H2,1-4H3,(H,25,26). The van der Waals surface area contributed by atoms with Crippen LogP contribution in [0.5, 0.6) is 5.88 Å². The number of carbonyl (C=O) groups is 1. The first-order valence-corrected chi connectivity index (χ1v) is 12.6. The molecule has 1 N–H and O–H groups in total. The number of aromatic nitrogens is 2. The minimum Gasteiger partial charge on any atom is -0.476 e. The van der Waals surface area contributed by atoms with Gasteiger partial charge in [0.25, 0.3) is 0 Å². The number of halogens is 1. The van der Waals surface area contributed by atoms with E-state index in [4.69, 9.17) is 20.9 Å². The molecular formula is C22H24ClN5O5S. The van der Waals surface area contributed by atoms with Crippen molar-refractivity contribution in [2.45, 2.75) is 32.1 Å². The second-order valence-electron chi connectivity index (χ2n) is 9.19. The summed E-state index contributed by atoms with van der Waals surface area (Å²) < 4.78 is 39.1. The van der Waals surface area contributed by atoms with Gasteiger partial charge < -0.3 is 9.26 Å². The van der Waals surface area contributed by atoms with Crippen LogP contribution in [0.15, 0.2) is 28.9 Å². The first kappa shape index (κ1) is 22.9. The van der Waals surface area contributed by atoms with Crippen LogP contribution in [-0.2, 0) is 20.4 Å². The molecule has 0 radical (unpaired) electrons. The molecule has 1 fully saturated rings. The van der Waals surface area contributed by atoms with Crippen LogP contribution < -0.4 is 14.4 Å². The Hall–Kier alpha value is -2.89. The molecule has 1 spiro atoms. The van der Waals surface area contributed by atoms with Crippen LogP contribution in [0.3, 0.4) is 0 Å².